The molecule has 3 aromatic rings. The van der Waals surface area contributed by atoms with Gasteiger partial charge in [0, 0.05) is 54.7 Å². The summed E-state index contributed by atoms with van der Waals surface area (Å²) in [6.45, 7) is 4.34. The molecular weight excluding hydrogens is 400 g/mol. The molecule has 164 valence electrons. The molecule has 0 saturated carbocycles. The highest BCUT2D eigenvalue weighted by Crippen LogP contribution is 2.43. The van der Waals surface area contributed by atoms with Crippen LogP contribution in [0.4, 0.5) is 17.2 Å². The van der Waals surface area contributed by atoms with E-state index >= 15 is 0 Å². The minimum atomic E-state index is -0.122. The number of hydrogen-bond donors (Lipinski definition) is 1. The van der Waals surface area contributed by atoms with Crippen LogP contribution in [0.1, 0.15) is 23.2 Å². The smallest absolute Gasteiger partial charge is 0.255 e. The Labute approximate surface area is 188 Å². The van der Waals surface area contributed by atoms with Gasteiger partial charge in [0.05, 0.1) is 7.11 Å². The van der Waals surface area contributed by atoms with Crippen LogP contribution in [0.15, 0.2) is 72.9 Å². The quantitative estimate of drug-likeness (QED) is 0.651. The first kappa shape index (κ1) is 20.4. The Bertz CT molecular complexity index is 1050. The molecular formula is C26H28N4O2. The first-order valence-corrected chi connectivity index (χ1v) is 11.1. The highest BCUT2D eigenvalue weighted by molar-refractivity contribution is 6.04. The molecule has 2 aliphatic heterocycles. The van der Waals surface area contributed by atoms with Gasteiger partial charge < -0.3 is 19.9 Å². The summed E-state index contributed by atoms with van der Waals surface area (Å²) in [6.07, 6.45) is 4.28. The van der Waals surface area contributed by atoms with Gasteiger partial charge in [-0.2, -0.15) is 0 Å². The van der Waals surface area contributed by atoms with Crippen LogP contribution in [-0.2, 0) is 0 Å². The van der Waals surface area contributed by atoms with E-state index in [1.54, 1.807) is 31.4 Å². The second-order valence-electron chi connectivity index (χ2n) is 8.76. The van der Waals surface area contributed by atoms with Crippen LogP contribution in [0.5, 0.6) is 5.75 Å². The average molecular weight is 429 g/mol. The number of aromatic nitrogens is 1. The molecule has 1 spiro atoms. The molecule has 0 atom stereocenters. The van der Waals surface area contributed by atoms with Gasteiger partial charge in [0.1, 0.15) is 11.6 Å². The number of piperidine rings is 1. The summed E-state index contributed by atoms with van der Waals surface area (Å²) < 4.78 is 5.14. The number of hydrogen-bond acceptors (Lipinski definition) is 5. The molecule has 6 nitrogen and oxygen atoms in total. The fourth-order valence-electron chi connectivity index (χ4n) is 4.71. The fraction of sp³-hybridized carbons (Fsp3) is 0.308. The Hall–Kier alpha value is -3.54. The Kier molecular flexibility index (Phi) is 5.43. The van der Waals surface area contributed by atoms with E-state index in [0.717, 1.165) is 43.4 Å². The van der Waals surface area contributed by atoms with Crippen molar-refractivity contribution >= 4 is 23.1 Å². The lowest BCUT2D eigenvalue weighted by molar-refractivity contribution is 0.102. The van der Waals surface area contributed by atoms with E-state index < -0.39 is 0 Å². The van der Waals surface area contributed by atoms with Crippen molar-refractivity contribution in [2.24, 2.45) is 5.41 Å². The highest BCUT2D eigenvalue weighted by atomic mass is 16.5. The summed E-state index contributed by atoms with van der Waals surface area (Å²) in [6, 6.07) is 21.4. The number of nitrogens with zero attached hydrogens (tertiary/aromatic N) is 3. The summed E-state index contributed by atoms with van der Waals surface area (Å²) in [5.41, 5.74) is 3.04. The van der Waals surface area contributed by atoms with Crippen molar-refractivity contribution in [2.75, 3.05) is 48.4 Å². The maximum atomic E-state index is 12.5. The highest BCUT2D eigenvalue weighted by Gasteiger charge is 2.45. The Morgan fingerprint density at radius 1 is 0.938 bits per heavy atom. The molecule has 6 heteroatoms. The standard InChI is InChI=1S/C26H28N4O2/c1-32-23-11-5-20(6-12-23)25(31)28-21-7-9-22(10-8-21)30-18-26(19-30)13-16-29(17-14-26)24-4-2-3-15-27-24/h2-12,15H,13-14,16-19H2,1H3,(H,28,31). The van der Waals surface area contributed by atoms with Crippen molar-refractivity contribution < 1.29 is 9.53 Å². The number of nitrogens with one attached hydrogen (secondary N) is 1. The molecule has 2 aliphatic rings. The van der Waals surface area contributed by atoms with Crippen molar-refractivity contribution in [3.05, 3.63) is 78.5 Å². The Morgan fingerprint density at radius 3 is 2.28 bits per heavy atom. The average Bonchev–Trinajstić information content (AvgIpc) is 2.84. The van der Waals surface area contributed by atoms with Crippen LogP contribution in [0.3, 0.4) is 0 Å². The van der Waals surface area contributed by atoms with E-state index in [2.05, 4.69) is 44.4 Å². The SMILES string of the molecule is COc1ccc(C(=O)Nc2ccc(N3CC4(CCN(c5ccccn5)CC4)C3)cc2)cc1. The van der Waals surface area contributed by atoms with Gasteiger partial charge in [0.25, 0.3) is 5.91 Å². The molecule has 2 fully saturated rings. The minimum absolute atomic E-state index is 0.122. The van der Waals surface area contributed by atoms with Gasteiger partial charge in [-0.25, -0.2) is 4.98 Å². The Morgan fingerprint density at radius 2 is 1.66 bits per heavy atom. The first-order valence-electron chi connectivity index (χ1n) is 11.1. The topological polar surface area (TPSA) is 57.7 Å². The second kappa shape index (κ2) is 8.54. The molecule has 32 heavy (non-hydrogen) atoms. The maximum absolute atomic E-state index is 12.5. The van der Waals surface area contributed by atoms with Crippen molar-refractivity contribution in [1.82, 2.24) is 4.98 Å². The van der Waals surface area contributed by atoms with Crippen LogP contribution in [0.2, 0.25) is 0 Å². The first-order chi connectivity index (χ1) is 15.6. The van der Waals surface area contributed by atoms with Gasteiger partial charge in [-0.15, -0.1) is 0 Å². The van der Waals surface area contributed by atoms with Crippen molar-refractivity contribution in [1.29, 1.82) is 0 Å². The molecule has 0 radical (unpaired) electrons. The third-order valence-corrected chi connectivity index (χ3v) is 6.69. The lowest BCUT2D eigenvalue weighted by atomic mass is 9.71. The third kappa shape index (κ3) is 4.13. The summed E-state index contributed by atoms with van der Waals surface area (Å²) >= 11 is 0. The van der Waals surface area contributed by atoms with Gasteiger partial charge in [-0.05, 0) is 73.5 Å². The van der Waals surface area contributed by atoms with E-state index in [0.29, 0.717) is 11.0 Å². The molecule has 0 aliphatic carbocycles. The minimum Gasteiger partial charge on any atom is -0.497 e. The van der Waals surface area contributed by atoms with Crippen molar-refractivity contribution in [2.45, 2.75) is 12.8 Å². The summed E-state index contributed by atoms with van der Waals surface area (Å²) in [5.74, 6) is 1.70. The van der Waals surface area contributed by atoms with E-state index in [9.17, 15) is 4.79 Å². The van der Waals surface area contributed by atoms with Gasteiger partial charge in [-0.3, -0.25) is 4.79 Å². The number of pyridine rings is 1. The van der Waals surface area contributed by atoms with Crippen LogP contribution in [0.25, 0.3) is 0 Å². The number of ether oxygens (including phenoxy) is 1. The number of carbonyl (C=O) groups excluding carboxylic acids is 1. The lowest BCUT2D eigenvalue weighted by Crippen LogP contribution is -2.60. The van der Waals surface area contributed by atoms with Crippen LogP contribution < -0.4 is 19.9 Å². The normalized spacial score (nSPS) is 17.0. The van der Waals surface area contributed by atoms with Crippen LogP contribution >= 0.6 is 0 Å². The third-order valence-electron chi connectivity index (χ3n) is 6.69. The molecule has 2 aromatic carbocycles. The summed E-state index contributed by atoms with van der Waals surface area (Å²) in [7, 11) is 1.61. The predicted molar refractivity (Wildman–Crippen MR) is 128 cm³/mol. The zero-order chi connectivity index (χ0) is 22.0. The van der Waals surface area contributed by atoms with Gasteiger partial charge in [-0.1, -0.05) is 6.07 Å². The molecule has 3 heterocycles. The molecule has 0 bridgehead atoms. The van der Waals surface area contributed by atoms with E-state index in [-0.39, 0.29) is 5.91 Å². The van der Waals surface area contributed by atoms with Crippen LogP contribution in [0, 0.1) is 5.41 Å². The predicted octanol–water partition coefficient (Wildman–Crippen LogP) is 4.45. The number of amides is 1. The number of anilines is 3. The lowest BCUT2D eigenvalue weighted by Gasteiger charge is -2.55. The summed E-state index contributed by atoms with van der Waals surface area (Å²) in [4.78, 5) is 21.8. The maximum Gasteiger partial charge on any atom is 0.255 e. The number of methoxy groups -OCH3 is 1. The van der Waals surface area contributed by atoms with Crippen LogP contribution in [-0.4, -0.2) is 44.2 Å². The second-order valence-corrected chi connectivity index (χ2v) is 8.76. The van der Waals surface area contributed by atoms with E-state index in [4.69, 9.17) is 4.74 Å². The molecule has 1 amide bonds. The van der Waals surface area contributed by atoms with Crippen molar-refractivity contribution in [3.8, 4) is 5.75 Å². The number of carbonyl (C=O) groups is 1. The van der Waals surface area contributed by atoms with Gasteiger partial charge in [0.2, 0.25) is 0 Å². The number of rotatable bonds is 5. The molecule has 0 unspecified atom stereocenters. The molecule has 1 aromatic heterocycles. The monoisotopic (exact) mass is 428 g/mol. The molecule has 2 saturated heterocycles. The molecule has 5 rings (SSSR count). The van der Waals surface area contributed by atoms with Gasteiger partial charge >= 0.3 is 0 Å². The molecule has 1 N–H and O–H groups in total. The summed E-state index contributed by atoms with van der Waals surface area (Å²) in [5, 5.41) is 2.97. The zero-order valence-electron chi connectivity index (χ0n) is 18.3. The van der Waals surface area contributed by atoms with E-state index in [1.165, 1.54) is 18.5 Å². The largest absolute Gasteiger partial charge is 0.497 e. The van der Waals surface area contributed by atoms with Gasteiger partial charge in [0.15, 0.2) is 0 Å². The zero-order valence-corrected chi connectivity index (χ0v) is 18.3. The number of benzene rings is 2. The Balaban J connectivity index is 1.14. The van der Waals surface area contributed by atoms with Crippen molar-refractivity contribution in [3.63, 3.8) is 0 Å². The fourth-order valence-corrected chi connectivity index (χ4v) is 4.71. The van der Waals surface area contributed by atoms with E-state index in [1.807, 2.05) is 24.4 Å².